The predicted octanol–water partition coefficient (Wildman–Crippen LogP) is 1.48. The largest absolute Gasteiger partial charge is 0.349 e. The zero-order chi connectivity index (χ0) is 16.9. The lowest BCUT2D eigenvalue weighted by molar-refractivity contribution is -0.127. The maximum absolute atomic E-state index is 13.3. The van der Waals surface area contributed by atoms with Crippen molar-refractivity contribution in [2.24, 2.45) is 13.0 Å². The van der Waals surface area contributed by atoms with E-state index < -0.39 is 0 Å². The fraction of sp³-hybridized carbons (Fsp3) is 0.471. The van der Waals surface area contributed by atoms with Gasteiger partial charge in [-0.1, -0.05) is 12.1 Å². The van der Waals surface area contributed by atoms with Gasteiger partial charge in [0, 0.05) is 20.1 Å². The van der Waals surface area contributed by atoms with Crippen LogP contribution in [0.25, 0.3) is 0 Å². The molecule has 0 unspecified atom stereocenters. The van der Waals surface area contributed by atoms with Crippen molar-refractivity contribution in [2.45, 2.75) is 25.9 Å². The van der Waals surface area contributed by atoms with Crippen molar-refractivity contribution in [3.63, 3.8) is 0 Å². The number of halogens is 1. The molecule has 0 spiro atoms. The Labute approximate surface area is 140 Å². The van der Waals surface area contributed by atoms with Crippen LogP contribution < -0.4 is 5.32 Å². The summed E-state index contributed by atoms with van der Waals surface area (Å²) < 4.78 is 15.1. The summed E-state index contributed by atoms with van der Waals surface area (Å²) in [5.41, 5.74) is 0.940. The van der Waals surface area contributed by atoms with Gasteiger partial charge in [-0.2, -0.15) is 0 Å². The summed E-state index contributed by atoms with van der Waals surface area (Å²) in [5, 5.41) is 10.7. The van der Waals surface area contributed by atoms with Crippen molar-refractivity contribution < 1.29 is 9.18 Å². The van der Waals surface area contributed by atoms with Crippen LogP contribution in [0.5, 0.6) is 0 Å². The highest BCUT2D eigenvalue weighted by Crippen LogP contribution is 2.19. The van der Waals surface area contributed by atoms with Crippen molar-refractivity contribution in [1.29, 1.82) is 0 Å². The molecule has 0 aliphatic carbocycles. The summed E-state index contributed by atoms with van der Waals surface area (Å²) in [4.78, 5) is 14.6. The van der Waals surface area contributed by atoms with Crippen molar-refractivity contribution in [2.75, 3.05) is 13.1 Å². The molecule has 1 aliphatic heterocycles. The van der Waals surface area contributed by atoms with Crippen LogP contribution in [-0.2, 0) is 24.9 Å². The highest BCUT2D eigenvalue weighted by atomic mass is 19.1. The third-order valence-corrected chi connectivity index (χ3v) is 4.40. The minimum absolute atomic E-state index is 0.0412. The molecular weight excluding hydrogens is 309 g/mol. The number of hydrogen-bond acceptors (Lipinski definition) is 4. The van der Waals surface area contributed by atoms with E-state index in [1.807, 2.05) is 13.1 Å². The Morgan fingerprint density at radius 3 is 3.08 bits per heavy atom. The zero-order valence-electron chi connectivity index (χ0n) is 13.8. The summed E-state index contributed by atoms with van der Waals surface area (Å²) >= 11 is 0. The van der Waals surface area contributed by atoms with Crippen LogP contribution in [0.4, 0.5) is 4.39 Å². The highest BCUT2D eigenvalue weighted by molar-refractivity contribution is 5.78. The second kappa shape index (κ2) is 7.53. The molecule has 6 nitrogen and oxygen atoms in total. The summed E-state index contributed by atoms with van der Waals surface area (Å²) in [7, 11) is 1.85. The predicted molar refractivity (Wildman–Crippen MR) is 87.3 cm³/mol. The van der Waals surface area contributed by atoms with Crippen molar-refractivity contribution >= 4 is 5.91 Å². The number of rotatable bonds is 5. The molecule has 7 heteroatoms. The Balaban J connectivity index is 1.53. The second-order valence-electron chi connectivity index (χ2n) is 6.28. The van der Waals surface area contributed by atoms with Gasteiger partial charge < -0.3 is 9.88 Å². The first-order chi connectivity index (χ1) is 11.6. The maximum Gasteiger partial charge on any atom is 0.224 e. The van der Waals surface area contributed by atoms with E-state index in [-0.39, 0.29) is 17.6 Å². The van der Waals surface area contributed by atoms with E-state index in [0.717, 1.165) is 30.8 Å². The number of benzene rings is 1. The molecule has 1 saturated heterocycles. The molecule has 128 valence electrons. The van der Waals surface area contributed by atoms with Crippen LogP contribution >= 0.6 is 0 Å². The van der Waals surface area contributed by atoms with Crippen LogP contribution in [0.2, 0.25) is 0 Å². The van der Waals surface area contributed by atoms with E-state index in [4.69, 9.17) is 0 Å². The van der Waals surface area contributed by atoms with Gasteiger partial charge in [-0.25, -0.2) is 4.39 Å². The lowest BCUT2D eigenvalue weighted by Crippen LogP contribution is -2.42. The molecule has 2 heterocycles. The van der Waals surface area contributed by atoms with E-state index in [1.54, 1.807) is 23.0 Å². The molecule has 0 saturated carbocycles. The first-order valence-corrected chi connectivity index (χ1v) is 8.19. The number of nitrogens with one attached hydrogen (secondary N) is 1. The number of nitrogens with zero attached hydrogens (tertiary/aromatic N) is 4. The number of piperidine rings is 1. The molecule has 1 aliphatic rings. The number of amides is 1. The number of hydrogen-bond donors (Lipinski definition) is 1. The first-order valence-electron chi connectivity index (χ1n) is 8.19. The van der Waals surface area contributed by atoms with Crippen LogP contribution in [0.15, 0.2) is 30.6 Å². The minimum atomic E-state index is -0.220. The van der Waals surface area contributed by atoms with Crippen molar-refractivity contribution in [3.8, 4) is 0 Å². The van der Waals surface area contributed by atoms with Gasteiger partial charge in [-0.05, 0) is 37.1 Å². The van der Waals surface area contributed by atoms with Crippen LogP contribution in [0, 0.1) is 11.7 Å². The van der Waals surface area contributed by atoms with E-state index in [9.17, 15) is 9.18 Å². The normalized spacial score (nSPS) is 18.5. The van der Waals surface area contributed by atoms with Gasteiger partial charge in [0.2, 0.25) is 5.91 Å². The van der Waals surface area contributed by atoms with Crippen LogP contribution in [-0.4, -0.2) is 38.7 Å². The zero-order valence-corrected chi connectivity index (χ0v) is 13.8. The third kappa shape index (κ3) is 4.17. The summed E-state index contributed by atoms with van der Waals surface area (Å²) in [6, 6.07) is 6.64. The lowest BCUT2D eigenvalue weighted by Gasteiger charge is -2.32. The van der Waals surface area contributed by atoms with Gasteiger partial charge in [0.25, 0.3) is 0 Å². The van der Waals surface area contributed by atoms with Crippen molar-refractivity contribution in [3.05, 3.63) is 47.8 Å². The molecule has 2 aromatic rings. The molecule has 1 fully saturated rings. The molecule has 1 atom stereocenters. The van der Waals surface area contributed by atoms with E-state index >= 15 is 0 Å². The van der Waals surface area contributed by atoms with E-state index in [1.165, 1.54) is 6.07 Å². The Morgan fingerprint density at radius 1 is 1.46 bits per heavy atom. The summed E-state index contributed by atoms with van der Waals surface area (Å²) in [6.45, 7) is 2.69. The monoisotopic (exact) mass is 331 g/mol. The standard InChI is InChI=1S/C17H22FN5O/c1-22-12-20-21-16(22)9-19-17(24)14-5-3-7-23(11-14)10-13-4-2-6-15(18)8-13/h2,4,6,8,12,14H,3,5,7,9-11H2,1H3,(H,19,24)/t14-/m0/s1. The van der Waals surface area contributed by atoms with E-state index in [2.05, 4.69) is 20.4 Å². The number of carbonyl (C=O) groups is 1. The quantitative estimate of drug-likeness (QED) is 0.901. The van der Waals surface area contributed by atoms with Crippen LogP contribution in [0.3, 0.4) is 0 Å². The number of carbonyl (C=O) groups excluding carboxylic acids is 1. The highest BCUT2D eigenvalue weighted by Gasteiger charge is 2.25. The van der Waals surface area contributed by atoms with Gasteiger partial charge in [-0.3, -0.25) is 9.69 Å². The number of aromatic nitrogens is 3. The van der Waals surface area contributed by atoms with E-state index in [0.29, 0.717) is 19.6 Å². The molecule has 3 rings (SSSR count). The molecule has 0 bridgehead atoms. The molecule has 1 aromatic heterocycles. The van der Waals surface area contributed by atoms with Gasteiger partial charge in [0.05, 0.1) is 12.5 Å². The van der Waals surface area contributed by atoms with Gasteiger partial charge >= 0.3 is 0 Å². The van der Waals surface area contributed by atoms with Gasteiger partial charge in [0.1, 0.15) is 12.1 Å². The molecule has 1 amide bonds. The topological polar surface area (TPSA) is 63.1 Å². The maximum atomic E-state index is 13.3. The molecule has 0 radical (unpaired) electrons. The Morgan fingerprint density at radius 2 is 2.33 bits per heavy atom. The molecule has 1 aromatic carbocycles. The summed E-state index contributed by atoms with van der Waals surface area (Å²) in [5.74, 6) is 0.515. The average Bonchev–Trinajstić information content (AvgIpc) is 2.98. The van der Waals surface area contributed by atoms with Gasteiger partial charge in [-0.15, -0.1) is 10.2 Å². The second-order valence-corrected chi connectivity index (χ2v) is 6.28. The Kier molecular flexibility index (Phi) is 5.20. The third-order valence-electron chi connectivity index (χ3n) is 4.40. The fourth-order valence-electron chi connectivity index (χ4n) is 3.08. The number of likely N-dealkylation sites (tertiary alicyclic amines) is 1. The van der Waals surface area contributed by atoms with Gasteiger partial charge in [0.15, 0.2) is 5.82 Å². The Hall–Kier alpha value is -2.28. The lowest BCUT2D eigenvalue weighted by atomic mass is 9.96. The molecule has 1 N–H and O–H groups in total. The van der Waals surface area contributed by atoms with Crippen molar-refractivity contribution in [1.82, 2.24) is 25.0 Å². The first kappa shape index (κ1) is 16.6. The SMILES string of the molecule is Cn1cnnc1CNC(=O)[C@H]1CCCN(Cc2cccc(F)c2)C1. The summed E-state index contributed by atoms with van der Waals surface area (Å²) in [6.07, 6.45) is 3.46. The fourth-order valence-corrected chi connectivity index (χ4v) is 3.08. The molecule has 24 heavy (non-hydrogen) atoms. The average molecular weight is 331 g/mol. The number of aryl methyl sites for hydroxylation is 1. The minimum Gasteiger partial charge on any atom is -0.349 e. The smallest absolute Gasteiger partial charge is 0.224 e. The molecular formula is C17H22FN5O. The Bertz CT molecular complexity index is 702. The van der Waals surface area contributed by atoms with Crippen LogP contribution in [0.1, 0.15) is 24.2 Å².